The molecule has 1 aromatic rings. The van der Waals surface area contributed by atoms with Crippen molar-refractivity contribution in [3.05, 3.63) is 24.2 Å². The van der Waals surface area contributed by atoms with Crippen LogP contribution in [0.4, 0.5) is 26.3 Å². The van der Waals surface area contributed by atoms with Gasteiger partial charge in [-0.3, -0.25) is 0 Å². The van der Waals surface area contributed by atoms with Crippen LogP contribution in [-0.2, 0) is 4.74 Å². The molecule has 18 heavy (non-hydrogen) atoms. The molecule has 0 aliphatic heterocycles. The van der Waals surface area contributed by atoms with Crippen molar-refractivity contribution in [1.29, 1.82) is 0 Å². The van der Waals surface area contributed by atoms with E-state index in [1.54, 1.807) is 0 Å². The van der Waals surface area contributed by atoms with E-state index in [1.807, 2.05) is 0 Å². The molecule has 1 heterocycles. The maximum Gasteiger partial charge on any atom is 0.423 e. The molecule has 2 N–H and O–H groups in total. The molecule has 0 saturated carbocycles. The SMILES string of the molecule is NCC(OC(C(F)(F)F)C(F)(F)F)c1ccco1. The average Bonchev–Trinajstić information content (AvgIpc) is 2.68. The van der Waals surface area contributed by atoms with Crippen LogP contribution in [0.1, 0.15) is 11.9 Å². The number of rotatable bonds is 4. The van der Waals surface area contributed by atoms with Crippen LogP contribution in [0.15, 0.2) is 22.8 Å². The highest BCUT2D eigenvalue weighted by molar-refractivity contribution is 5.03. The van der Waals surface area contributed by atoms with E-state index in [9.17, 15) is 26.3 Å². The Balaban J connectivity index is 2.89. The Bertz CT molecular complexity index is 344. The van der Waals surface area contributed by atoms with Gasteiger partial charge in [0.25, 0.3) is 0 Å². The van der Waals surface area contributed by atoms with Gasteiger partial charge in [-0.1, -0.05) is 0 Å². The molecule has 1 aromatic heterocycles. The molecule has 9 heteroatoms. The number of alkyl halides is 6. The Morgan fingerprint density at radius 1 is 1.17 bits per heavy atom. The third-order valence-corrected chi connectivity index (χ3v) is 1.97. The van der Waals surface area contributed by atoms with E-state index in [2.05, 4.69) is 9.15 Å². The van der Waals surface area contributed by atoms with Crippen molar-refractivity contribution in [3.63, 3.8) is 0 Å². The number of nitrogens with two attached hydrogens (primary N) is 1. The Hall–Kier alpha value is -1.22. The second-order valence-electron chi connectivity index (χ2n) is 3.34. The minimum absolute atomic E-state index is 0.198. The van der Waals surface area contributed by atoms with Crippen molar-refractivity contribution in [3.8, 4) is 0 Å². The molecule has 0 aliphatic rings. The third-order valence-electron chi connectivity index (χ3n) is 1.97. The highest BCUT2D eigenvalue weighted by Crippen LogP contribution is 2.38. The number of furan rings is 1. The molecule has 1 atom stereocenters. The molecule has 0 aliphatic carbocycles. The fourth-order valence-corrected chi connectivity index (χ4v) is 1.22. The van der Waals surface area contributed by atoms with Crippen molar-refractivity contribution in [1.82, 2.24) is 0 Å². The van der Waals surface area contributed by atoms with Gasteiger partial charge in [0.2, 0.25) is 6.10 Å². The minimum Gasteiger partial charge on any atom is -0.467 e. The van der Waals surface area contributed by atoms with Crippen molar-refractivity contribution >= 4 is 0 Å². The van der Waals surface area contributed by atoms with E-state index in [-0.39, 0.29) is 5.76 Å². The maximum atomic E-state index is 12.2. The number of hydrogen-bond donors (Lipinski definition) is 1. The van der Waals surface area contributed by atoms with Gasteiger partial charge >= 0.3 is 12.4 Å². The van der Waals surface area contributed by atoms with Gasteiger partial charge in [0.05, 0.1) is 6.26 Å². The third kappa shape index (κ3) is 3.64. The minimum atomic E-state index is -5.57. The summed E-state index contributed by atoms with van der Waals surface area (Å²) in [6, 6.07) is 2.48. The predicted octanol–water partition coefficient (Wildman–Crippen LogP) is 2.79. The van der Waals surface area contributed by atoms with Crippen LogP contribution in [0.3, 0.4) is 0 Å². The molecule has 1 rings (SSSR count). The van der Waals surface area contributed by atoms with Gasteiger partial charge < -0.3 is 14.9 Å². The second-order valence-corrected chi connectivity index (χ2v) is 3.34. The fraction of sp³-hybridized carbons (Fsp3) is 0.556. The molecule has 0 bridgehead atoms. The molecular weight excluding hydrogens is 268 g/mol. The first-order chi connectivity index (χ1) is 8.16. The van der Waals surface area contributed by atoms with Crippen LogP contribution in [0.5, 0.6) is 0 Å². The molecule has 0 radical (unpaired) electrons. The molecule has 1 unspecified atom stereocenters. The van der Waals surface area contributed by atoms with Gasteiger partial charge in [-0.25, -0.2) is 0 Å². The molecule has 0 fully saturated rings. The summed E-state index contributed by atoms with van der Waals surface area (Å²) >= 11 is 0. The first kappa shape index (κ1) is 14.8. The van der Waals surface area contributed by atoms with Gasteiger partial charge in [0.1, 0.15) is 11.9 Å². The van der Waals surface area contributed by atoms with E-state index in [0.29, 0.717) is 0 Å². The molecule has 0 spiro atoms. The lowest BCUT2D eigenvalue weighted by Crippen LogP contribution is -2.45. The van der Waals surface area contributed by atoms with Gasteiger partial charge in [0.15, 0.2) is 0 Å². The van der Waals surface area contributed by atoms with E-state index in [1.165, 1.54) is 12.1 Å². The first-order valence-corrected chi connectivity index (χ1v) is 4.68. The number of hydrogen-bond acceptors (Lipinski definition) is 3. The van der Waals surface area contributed by atoms with Crippen molar-refractivity contribution < 1.29 is 35.5 Å². The van der Waals surface area contributed by atoms with Crippen LogP contribution in [0.25, 0.3) is 0 Å². The number of halogens is 6. The zero-order valence-electron chi connectivity index (χ0n) is 8.76. The topological polar surface area (TPSA) is 48.4 Å². The largest absolute Gasteiger partial charge is 0.467 e. The number of ether oxygens (including phenoxy) is 1. The Morgan fingerprint density at radius 2 is 1.72 bits per heavy atom. The highest BCUT2D eigenvalue weighted by atomic mass is 19.4. The van der Waals surface area contributed by atoms with Crippen LogP contribution < -0.4 is 5.73 Å². The Labute approximate surface area is 97.5 Å². The normalized spacial score (nSPS) is 15.1. The Morgan fingerprint density at radius 3 is 2.06 bits per heavy atom. The second kappa shape index (κ2) is 5.19. The summed E-state index contributed by atoms with van der Waals surface area (Å²) in [7, 11) is 0. The summed E-state index contributed by atoms with van der Waals surface area (Å²) in [6.45, 7) is -0.573. The lowest BCUT2D eigenvalue weighted by molar-refractivity contribution is -0.332. The highest BCUT2D eigenvalue weighted by Gasteiger charge is 2.58. The summed E-state index contributed by atoms with van der Waals surface area (Å²) < 4.78 is 82.1. The first-order valence-electron chi connectivity index (χ1n) is 4.68. The molecule has 0 amide bonds. The van der Waals surface area contributed by atoms with E-state index < -0.39 is 31.1 Å². The lowest BCUT2D eigenvalue weighted by atomic mass is 10.2. The molecule has 104 valence electrons. The van der Waals surface area contributed by atoms with Crippen molar-refractivity contribution in [2.75, 3.05) is 6.54 Å². The quantitative estimate of drug-likeness (QED) is 0.861. The van der Waals surface area contributed by atoms with Gasteiger partial charge in [-0.15, -0.1) is 0 Å². The maximum absolute atomic E-state index is 12.2. The van der Waals surface area contributed by atoms with Crippen LogP contribution in [-0.4, -0.2) is 25.0 Å². The van der Waals surface area contributed by atoms with E-state index in [0.717, 1.165) is 6.26 Å². The van der Waals surface area contributed by atoms with Crippen LogP contribution in [0.2, 0.25) is 0 Å². The summed E-state index contributed by atoms with van der Waals surface area (Å²) in [5.41, 5.74) is 5.08. The Kier molecular flexibility index (Phi) is 4.28. The van der Waals surface area contributed by atoms with Crippen LogP contribution >= 0.6 is 0 Å². The van der Waals surface area contributed by atoms with Crippen molar-refractivity contribution in [2.45, 2.75) is 24.6 Å². The van der Waals surface area contributed by atoms with Crippen molar-refractivity contribution in [2.24, 2.45) is 5.73 Å². The average molecular weight is 277 g/mol. The van der Waals surface area contributed by atoms with Gasteiger partial charge in [-0.2, -0.15) is 26.3 Å². The molecule has 0 aromatic carbocycles. The monoisotopic (exact) mass is 277 g/mol. The summed E-state index contributed by atoms with van der Waals surface area (Å²) in [6.07, 6.45) is -15.6. The molecule has 0 saturated heterocycles. The fourth-order valence-electron chi connectivity index (χ4n) is 1.22. The molecular formula is C9H9F6NO2. The standard InChI is InChI=1S/C9H9F6NO2/c10-8(11,12)7(9(13,14)15)18-6(4-16)5-2-1-3-17-5/h1-3,6-7H,4,16H2. The summed E-state index contributed by atoms with van der Waals surface area (Å²) in [5, 5.41) is 0. The zero-order chi connectivity index (χ0) is 14.0. The zero-order valence-corrected chi connectivity index (χ0v) is 8.76. The summed E-state index contributed by atoms with van der Waals surface area (Å²) in [4.78, 5) is 0. The van der Waals surface area contributed by atoms with E-state index in [4.69, 9.17) is 5.73 Å². The van der Waals surface area contributed by atoms with Crippen LogP contribution in [0, 0.1) is 0 Å². The smallest absolute Gasteiger partial charge is 0.423 e. The van der Waals surface area contributed by atoms with E-state index >= 15 is 0 Å². The lowest BCUT2D eigenvalue weighted by Gasteiger charge is -2.26. The van der Waals surface area contributed by atoms with Gasteiger partial charge in [-0.05, 0) is 12.1 Å². The van der Waals surface area contributed by atoms with Gasteiger partial charge in [0, 0.05) is 6.54 Å². The predicted molar refractivity (Wildman–Crippen MR) is 47.5 cm³/mol. The molecule has 3 nitrogen and oxygen atoms in total. The summed E-state index contributed by atoms with van der Waals surface area (Å²) in [5.74, 6) is -0.198.